The van der Waals surface area contributed by atoms with Crippen molar-refractivity contribution in [1.82, 2.24) is 0 Å². The van der Waals surface area contributed by atoms with Crippen LogP contribution in [0.3, 0.4) is 0 Å². The Balaban J connectivity index is 2.59. The van der Waals surface area contributed by atoms with Gasteiger partial charge in [-0.05, 0) is 32.8 Å². The molecule has 1 rings (SSSR count). The molecule has 0 bridgehead atoms. The minimum atomic E-state index is -2.71. The van der Waals surface area contributed by atoms with Crippen molar-refractivity contribution in [2.75, 3.05) is 6.61 Å². The van der Waals surface area contributed by atoms with Gasteiger partial charge in [0.25, 0.3) is 5.92 Å². The molecule has 1 aliphatic carbocycles. The van der Waals surface area contributed by atoms with Crippen LogP contribution in [-0.2, 0) is 4.74 Å². The van der Waals surface area contributed by atoms with Gasteiger partial charge in [0, 0.05) is 11.3 Å². The molecule has 0 aromatic rings. The van der Waals surface area contributed by atoms with E-state index >= 15 is 0 Å². The lowest BCUT2D eigenvalue weighted by atomic mass is 9.69. The van der Waals surface area contributed by atoms with E-state index < -0.39 is 11.8 Å². The van der Waals surface area contributed by atoms with Crippen LogP contribution < -0.4 is 0 Å². The van der Waals surface area contributed by atoms with Gasteiger partial charge in [0.1, 0.15) is 0 Å². The van der Waals surface area contributed by atoms with Gasteiger partial charge in [-0.2, -0.15) is 0 Å². The minimum Gasteiger partial charge on any atom is -0.378 e. The van der Waals surface area contributed by atoms with E-state index in [0.29, 0.717) is 6.61 Å². The Kier molecular flexibility index (Phi) is 4.70. The van der Waals surface area contributed by atoms with E-state index in [4.69, 9.17) is 4.74 Å². The Hall–Kier alpha value is -0.440. The monoisotopic (exact) mass is 246 g/mol. The number of ether oxygens (including phenoxy) is 1. The van der Waals surface area contributed by atoms with E-state index in [1.807, 2.05) is 13.8 Å². The fourth-order valence-corrected chi connectivity index (χ4v) is 1.80. The third kappa shape index (κ3) is 4.06. The summed E-state index contributed by atoms with van der Waals surface area (Å²) in [4.78, 5) is 0. The lowest BCUT2D eigenvalue weighted by Crippen LogP contribution is -2.34. The normalized spacial score (nSPS) is 20.2. The molecule has 17 heavy (non-hydrogen) atoms. The van der Waals surface area contributed by atoms with Gasteiger partial charge in [0.15, 0.2) is 0 Å². The third-order valence-electron chi connectivity index (χ3n) is 3.48. The summed E-state index contributed by atoms with van der Waals surface area (Å²) in [6, 6.07) is 0. The molecule has 0 aliphatic heterocycles. The molecule has 0 unspecified atom stereocenters. The molecule has 0 radical (unpaired) electrons. The lowest BCUT2D eigenvalue weighted by Gasteiger charge is -2.40. The topological polar surface area (TPSA) is 9.23 Å². The van der Waals surface area contributed by atoms with Crippen LogP contribution in [0.5, 0.6) is 0 Å². The highest BCUT2D eigenvalue weighted by atomic mass is 19.3. The predicted octanol–water partition coefficient (Wildman–Crippen LogP) is 4.43. The number of hydrogen-bond acceptors (Lipinski definition) is 1. The minimum absolute atomic E-state index is 0.136. The van der Waals surface area contributed by atoms with Crippen molar-refractivity contribution in [3.63, 3.8) is 0 Å². The van der Waals surface area contributed by atoms with Crippen molar-refractivity contribution in [3.8, 4) is 0 Å². The van der Waals surface area contributed by atoms with Crippen LogP contribution in [0.4, 0.5) is 8.78 Å². The average Bonchev–Trinajstić information content (AvgIpc) is 2.14. The van der Waals surface area contributed by atoms with Crippen molar-refractivity contribution >= 4 is 0 Å². The highest BCUT2D eigenvalue weighted by Gasteiger charge is 2.37. The molecule has 0 atom stereocenters. The summed E-state index contributed by atoms with van der Waals surface area (Å²) in [7, 11) is 0. The summed E-state index contributed by atoms with van der Waals surface area (Å²) in [6.07, 6.45) is 5.97. The number of allylic oxidation sites excluding steroid dienone is 1. The molecular weight excluding hydrogens is 222 g/mol. The second-order valence-corrected chi connectivity index (χ2v) is 5.74. The van der Waals surface area contributed by atoms with Crippen molar-refractivity contribution in [2.45, 2.75) is 59.0 Å². The Morgan fingerprint density at radius 3 is 2.18 bits per heavy atom. The van der Waals surface area contributed by atoms with Crippen LogP contribution in [0.1, 0.15) is 47.0 Å². The smallest absolute Gasteiger partial charge is 0.268 e. The summed E-state index contributed by atoms with van der Waals surface area (Å²) < 4.78 is 32.6. The van der Waals surface area contributed by atoms with Gasteiger partial charge in [-0.1, -0.05) is 26.3 Å². The highest BCUT2D eigenvalue weighted by molar-refractivity contribution is 5.09. The molecule has 0 spiro atoms. The predicted molar refractivity (Wildman–Crippen MR) is 66.3 cm³/mol. The van der Waals surface area contributed by atoms with Crippen LogP contribution >= 0.6 is 0 Å². The summed E-state index contributed by atoms with van der Waals surface area (Å²) in [6.45, 7) is 7.59. The van der Waals surface area contributed by atoms with Crippen molar-refractivity contribution in [1.29, 1.82) is 0 Å². The molecule has 100 valence electrons. The third-order valence-corrected chi connectivity index (χ3v) is 3.48. The van der Waals surface area contributed by atoms with Gasteiger partial charge in [0.05, 0.1) is 12.7 Å². The summed E-state index contributed by atoms with van der Waals surface area (Å²) >= 11 is 0. The number of rotatable bonds is 6. The summed E-state index contributed by atoms with van der Waals surface area (Å²) in [5, 5.41) is 0. The first-order chi connectivity index (χ1) is 7.77. The van der Waals surface area contributed by atoms with Gasteiger partial charge in [-0.25, -0.2) is 8.78 Å². The summed E-state index contributed by atoms with van der Waals surface area (Å²) in [5.74, 6) is -3.36. The molecule has 1 nitrogen and oxygen atoms in total. The van der Waals surface area contributed by atoms with E-state index in [0.717, 1.165) is 25.3 Å². The van der Waals surface area contributed by atoms with Gasteiger partial charge < -0.3 is 4.74 Å². The quantitative estimate of drug-likeness (QED) is 0.630. The average molecular weight is 246 g/mol. The summed E-state index contributed by atoms with van der Waals surface area (Å²) in [5.41, 5.74) is -0.136. The number of hydrogen-bond donors (Lipinski definition) is 0. The molecule has 0 aromatic heterocycles. The molecule has 0 aromatic carbocycles. The van der Waals surface area contributed by atoms with E-state index in [-0.39, 0.29) is 11.5 Å². The lowest BCUT2D eigenvalue weighted by molar-refractivity contribution is -0.0136. The second kappa shape index (κ2) is 5.47. The fraction of sp³-hybridized carbons (Fsp3) is 0.857. The van der Waals surface area contributed by atoms with Crippen LogP contribution in [-0.4, -0.2) is 18.6 Å². The molecule has 1 saturated carbocycles. The molecule has 0 amide bonds. The maximum Gasteiger partial charge on any atom is 0.268 e. The Morgan fingerprint density at radius 1 is 1.24 bits per heavy atom. The zero-order chi connectivity index (χ0) is 13.1. The van der Waals surface area contributed by atoms with Gasteiger partial charge >= 0.3 is 0 Å². The first-order valence-electron chi connectivity index (χ1n) is 6.47. The van der Waals surface area contributed by atoms with Crippen LogP contribution in [0, 0.1) is 11.3 Å². The van der Waals surface area contributed by atoms with Crippen LogP contribution in [0.15, 0.2) is 12.2 Å². The first kappa shape index (κ1) is 14.6. The van der Waals surface area contributed by atoms with E-state index in [1.54, 1.807) is 19.9 Å². The largest absolute Gasteiger partial charge is 0.378 e. The van der Waals surface area contributed by atoms with Crippen LogP contribution in [0.25, 0.3) is 0 Å². The zero-order valence-electron chi connectivity index (χ0n) is 11.3. The zero-order valence-corrected chi connectivity index (χ0v) is 11.3. The Labute approximate surface area is 103 Å². The molecule has 0 N–H and O–H groups in total. The standard InChI is InChI=1S/C14H24F2O/c1-11(2)14(15,16)9-8-13(6-5-7-13)10-17-12(3)4/h8-9,11-12H,5-7,10H2,1-4H3. The Morgan fingerprint density at radius 2 is 1.82 bits per heavy atom. The molecule has 0 heterocycles. The molecule has 3 heteroatoms. The number of halogens is 2. The van der Waals surface area contributed by atoms with Crippen molar-refractivity contribution in [3.05, 3.63) is 12.2 Å². The van der Waals surface area contributed by atoms with Gasteiger partial charge in [-0.15, -0.1) is 0 Å². The molecule has 1 aliphatic rings. The first-order valence-corrected chi connectivity index (χ1v) is 6.47. The van der Waals surface area contributed by atoms with Crippen molar-refractivity contribution in [2.24, 2.45) is 11.3 Å². The van der Waals surface area contributed by atoms with Gasteiger partial charge in [0.2, 0.25) is 0 Å². The Bertz CT molecular complexity index is 265. The molecular formula is C14H24F2O. The maximum atomic E-state index is 13.5. The number of alkyl halides is 2. The van der Waals surface area contributed by atoms with Crippen molar-refractivity contribution < 1.29 is 13.5 Å². The molecule has 0 saturated heterocycles. The maximum absolute atomic E-state index is 13.5. The van der Waals surface area contributed by atoms with Gasteiger partial charge in [-0.3, -0.25) is 0 Å². The molecule has 1 fully saturated rings. The van der Waals surface area contributed by atoms with E-state index in [2.05, 4.69) is 0 Å². The van der Waals surface area contributed by atoms with E-state index in [1.165, 1.54) is 0 Å². The second-order valence-electron chi connectivity index (χ2n) is 5.74. The SMILES string of the molecule is CC(C)OCC1(C=CC(F)(F)C(C)C)CCC1. The van der Waals surface area contributed by atoms with E-state index in [9.17, 15) is 8.78 Å². The highest BCUT2D eigenvalue weighted by Crippen LogP contribution is 2.43. The fourth-order valence-electron chi connectivity index (χ4n) is 1.80. The van der Waals surface area contributed by atoms with Crippen LogP contribution in [0.2, 0.25) is 0 Å².